The molecular weight excluding hydrogens is 403 g/mol. The highest BCUT2D eigenvalue weighted by Gasteiger charge is 2.19. The Bertz CT molecular complexity index is 889. The molecule has 0 saturated heterocycles. The molecule has 0 aromatic heterocycles. The summed E-state index contributed by atoms with van der Waals surface area (Å²) in [6, 6.07) is 10.3. The largest absolute Gasteiger partial charge is 0.351 e. The van der Waals surface area contributed by atoms with E-state index in [0.29, 0.717) is 39.9 Å². The van der Waals surface area contributed by atoms with Gasteiger partial charge in [0.2, 0.25) is 5.91 Å². The van der Waals surface area contributed by atoms with Crippen LogP contribution in [0.2, 0.25) is 10.0 Å². The number of benzene rings is 2. The van der Waals surface area contributed by atoms with Crippen molar-refractivity contribution in [3.8, 4) is 0 Å². The maximum Gasteiger partial charge on any atom is 0.316 e. The molecule has 0 saturated carbocycles. The molecular formula is C19H20Cl2N4O3. The second kappa shape index (κ2) is 9.96. The summed E-state index contributed by atoms with van der Waals surface area (Å²) in [7, 11) is 0. The first-order valence-electron chi connectivity index (χ1n) is 8.51. The van der Waals surface area contributed by atoms with Crippen molar-refractivity contribution in [1.82, 2.24) is 4.90 Å². The maximum atomic E-state index is 12.8. The Hall–Kier alpha value is -2.77. The molecule has 0 bridgehead atoms. The van der Waals surface area contributed by atoms with Crippen LogP contribution in [0.1, 0.15) is 23.7 Å². The van der Waals surface area contributed by atoms with Crippen molar-refractivity contribution in [2.45, 2.75) is 13.3 Å². The minimum absolute atomic E-state index is 0.154. The van der Waals surface area contributed by atoms with E-state index in [-0.39, 0.29) is 12.5 Å². The number of carbonyl (C=O) groups is 3. The Morgan fingerprint density at radius 3 is 2.46 bits per heavy atom. The SMILES string of the molecule is CCCN(CC(=O)Nc1ccc(Cl)cc1Cl)C(=O)c1cccc(NC(N)=O)c1. The van der Waals surface area contributed by atoms with Crippen LogP contribution in [0, 0.1) is 0 Å². The zero-order chi connectivity index (χ0) is 20.7. The lowest BCUT2D eigenvalue weighted by atomic mass is 10.1. The molecule has 28 heavy (non-hydrogen) atoms. The molecule has 2 aromatic carbocycles. The minimum atomic E-state index is -0.728. The molecule has 2 rings (SSSR count). The van der Waals surface area contributed by atoms with Gasteiger partial charge >= 0.3 is 6.03 Å². The number of carbonyl (C=O) groups excluding carboxylic acids is 3. The van der Waals surface area contributed by atoms with Gasteiger partial charge in [-0.25, -0.2) is 4.79 Å². The highest BCUT2D eigenvalue weighted by atomic mass is 35.5. The van der Waals surface area contributed by atoms with E-state index in [4.69, 9.17) is 28.9 Å². The number of hydrogen-bond acceptors (Lipinski definition) is 3. The second-order valence-corrected chi connectivity index (χ2v) is 6.81. The van der Waals surface area contributed by atoms with Crippen LogP contribution >= 0.6 is 23.2 Å². The van der Waals surface area contributed by atoms with Gasteiger partial charge in [-0.3, -0.25) is 9.59 Å². The topological polar surface area (TPSA) is 105 Å². The molecule has 0 radical (unpaired) electrons. The summed E-state index contributed by atoms with van der Waals surface area (Å²) in [6.45, 7) is 2.13. The van der Waals surface area contributed by atoms with Crippen LogP contribution in [0.5, 0.6) is 0 Å². The van der Waals surface area contributed by atoms with Crippen LogP contribution in [0.3, 0.4) is 0 Å². The first-order valence-corrected chi connectivity index (χ1v) is 9.26. The van der Waals surface area contributed by atoms with Crippen molar-refractivity contribution < 1.29 is 14.4 Å². The fraction of sp³-hybridized carbons (Fsp3) is 0.211. The zero-order valence-electron chi connectivity index (χ0n) is 15.2. The summed E-state index contributed by atoms with van der Waals surface area (Å²) in [4.78, 5) is 37.7. The van der Waals surface area contributed by atoms with E-state index in [2.05, 4.69) is 10.6 Å². The third-order valence-corrected chi connectivity index (χ3v) is 4.25. The predicted octanol–water partition coefficient (Wildman–Crippen LogP) is 3.97. The number of hydrogen-bond donors (Lipinski definition) is 3. The van der Waals surface area contributed by atoms with E-state index in [1.165, 1.54) is 17.0 Å². The summed E-state index contributed by atoms with van der Waals surface area (Å²) in [5.74, 6) is -0.732. The van der Waals surface area contributed by atoms with E-state index < -0.39 is 11.9 Å². The van der Waals surface area contributed by atoms with Gasteiger partial charge in [0.1, 0.15) is 6.54 Å². The Morgan fingerprint density at radius 1 is 1.07 bits per heavy atom. The number of nitrogens with zero attached hydrogens (tertiary/aromatic N) is 1. The van der Waals surface area contributed by atoms with Gasteiger partial charge in [-0.2, -0.15) is 0 Å². The van der Waals surface area contributed by atoms with Crippen LogP contribution in [0.4, 0.5) is 16.2 Å². The molecule has 0 atom stereocenters. The molecule has 0 aliphatic rings. The van der Waals surface area contributed by atoms with Crippen molar-refractivity contribution in [3.63, 3.8) is 0 Å². The zero-order valence-corrected chi connectivity index (χ0v) is 16.7. The molecule has 0 heterocycles. The van der Waals surface area contributed by atoms with Crippen LogP contribution in [-0.2, 0) is 4.79 Å². The number of nitrogens with two attached hydrogens (primary N) is 1. The Balaban J connectivity index is 2.12. The first kappa shape index (κ1) is 21.5. The molecule has 7 nitrogen and oxygen atoms in total. The van der Waals surface area contributed by atoms with Crippen LogP contribution in [-0.4, -0.2) is 35.8 Å². The van der Waals surface area contributed by atoms with Gasteiger partial charge in [0.25, 0.3) is 5.91 Å². The number of anilines is 2. The summed E-state index contributed by atoms with van der Waals surface area (Å²) < 4.78 is 0. The fourth-order valence-corrected chi connectivity index (χ4v) is 2.99. The molecule has 4 N–H and O–H groups in total. The Kier molecular flexibility index (Phi) is 7.66. The lowest BCUT2D eigenvalue weighted by Gasteiger charge is -2.22. The summed E-state index contributed by atoms with van der Waals surface area (Å²) >= 11 is 11.9. The van der Waals surface area contributed by atoms with Crippen LogP contribution in [0.15, 0.2) is 42.5 Å². The molecule has 9 heteroatoms. The Morgan fingerprint density at radius 2 is 1.82 bits per heavy atom. The minimum Gasteiger partial charge on any atom is -0.351 e. The summed E-state index contributed by atoms with van der Waals surface area (Å²) in [5, 5.41) is 5.85. The molecule has 4 amide bonds. The molecule has 0 unspecified atom stereocenters. The van der Waals surface area contributed by atoms with Gasteiger partial charge in [-0.15, -0.1) is 0 Å². The second-order valence-electron chi connectivity index (χ2n) is 5.97. The molecule has 148 valence electrons. The fourth-order valence-electron chi connectivity index (χ4n) is 2.53. The summed E-state index contributed by atoms with van der Waals surface area (Å²) in [6.07, 6.45) is 0.667. The monoisotopic (exact) mass is 422 g/mol. The average Bonchev–Trinajstić information content (AvgIpc) is 2.63. The highest BCUT2D eigenvalue weighted by Crippen LogP contribution is 2.25. The molecule has 0 aliphatic carbocycles. The maximum absolute atomic E-state index is 12.8. The predicted molar refractivity (Wildman–Crippen MR) is 111 cm³/mol. The van der Waals surface area contributed by atoms with Crippen molar-refractivity contribution in [1.29, 1.82) is 0 Å². The van der Waals surface area contributed by atoms with E-state index >= 15 is 0 Å². The van der Waals surface area contributed by atoms with Gasteiger partial charge in [0, 0.05) is 22.8 Å². The van der Waals surface area contributed by atoms with Crippen molar-refractivity contribution >= 4 is 52.4 Å². The number of urea groups is 1. The molecule has 0 fully saturated rings. The van der Waals surface area contributed by atoms with Crippen LogP contribution < -0.4 is 16.4 Å². The smallest absolute Gasteiger partial charge is 0.316 e. The van der Waals surface area contributed by atoms with Gasteiger partial charge < -0.3 is 21.3 Å². The molecule has 0 spiro atoms. The number of primary amides is 1. The summed E-state index contributed by atoms with van der Waals surface area (Å²) in [5.41, 5.74) is 6.24. The van der Waals surface area contributed by atoms with Crippen molar-refractivity contribution in [3.05, 3.63) is 58.1 Å². The van der Waals surface area contributed by atoms with Gasteiger partial charge in [-0.05, 0) is 42.8 Å². The number of amides is 4. The average molecular weight is 423 g/mol. The number of nitrogens with one attached hydrogen (secondary N) is 2. The number of halogens is 2. The van der Waals surface area contributed by atoms with E-state index in [9.17, 15) is 14.4 Å². The highest BCUT2D eigenvalue weighted by molar-refractivity contribution is 6.36. The normalized spacial score (nSPS) is 10.2. The van der Waals surface area contributed by atoms with Crippen LogP contribution in [0.25, 0.3) is 0 Å². The first-order chi connectivity index (χ1) is 13.3. The lowest BCUT2D eigenvalue weighted by Crippen LogP contribution is -2.38. The van der Waals surface area contributed by atoms with E-state index in [1.54, 1.807) is 30.3 Å². The van der Waals surface area contributed by atoms with Gasteiger partial charge in [0.05, 0.1) is 10.7 Å². The Labute approximate surface area is 172 Å². The number of rotatable bonds is 7. The quantitative estimate of drug-likeness (QED) is 0.628. The van der Waals surface area contributed by atoms with Gasteiger partial charge in [-0.1, -0.05) is 36.2 Å². The molecule has 0 aliphatic heterocycles. The third-order valence-electron chi connectivity index (χ3n) is 3.70. The van der Waals surface area contributed by atoms with Gasteiger partial charge in [0.15, 0.2) is 0 Å². The lowest BCUT2D eigenvalue weighted by molar-refractivity contribution is -0.116. The van der Waals surface area contributed by atoms with Crippen molar-refractivity contribution in [2.75, 3.05) is 23.7 Å². The van der Waals surface area contributed by atoms with E-state index in [0.717, 1.165) is 0 Å². The van der Waals surface area contributed by atoms with Crippen molar-refractivity contribution in [2.24, 2.45) is 5.73 Å². The van der Waals surface area contributed by atoms with E-state index in [1.807, 2.05) is 6.92 Å². The third kappa shape index (κ3) is 6.14. The standard InChI is InChI=1S/C19H20Cl2N4O3/c1-2-8-25(11-17(26)24-16-7-6-13(20)10-15(16)21)18(27)12-4-3-5-14(9-12)23-19(22)28/h3-7,9-10H,2,8,11H2,1H3,(H,24,26)(H3,22,23,28). The molecule has 2 aromatic rings.